The second kappa shape index (κ2) is 4.52. The van der Waals surface area contributed by atoms with Gasteiger partial charge in [0.2, 0.25) is 0 Å². The summed E-state index contributed by atoms with van der Waals surface area (Å²) in [5, 5.41) is 2.86. The maximum atomic E-state index is 12.9. The Morgan fingerprint density at radius 1 is 1.32 bits per heavy atom. The Balaban J connectivity index is 1.67. The van der Waals surface area contributed by atoms with Crippen LogP contribution in [0.5, 0.6) is 5.75 Å². The van der Waals surface area contributed by atoms with Crippen LogP contribution >= 0.6 is 23.2 Å². The van der Waals surface area contributed by atoms with E-state index in [1.54, 1.807) is 0 Å². The highest BCUT2D eigenvalue weighted by molar-refractivity contribution is 6.50. The number of ether oxygens (including phenoxy) is 1. The minimum Gasteiger partial charge on any atom is -0.493 e. The Morgan fingerprint density at radius 3 is 2.77 bits per heavy atom. The molecule has 1 aliphatic carbocycles. The number of hydrogen-bond acceptors (Lipinski definition) is 3. The van der Waals surface area contributed by atoms with Crippen molar-refractivity contribution in [2.45, 2.75) is 22.7 Å². The van der Waals surface area contributed by atoms with Crippen molar-refractivity contribution < 1.29 is 14.3 Å². The summed E-state index contributed by atoms with van der Waals surface area (Å²) in [6.45, 7) is 0.637. The van der Waals surface area contributed by atoms with Gasteiger partial charge in [0.05, 0.1) is 6.61 Å². The Labute approximate surface area is 137 Å². The summed E-state index contributed by atoms with van der Waals surface area (Å²) in [4.78, 5) is 26.5. The summed E-state index contributed by atoms with van der Waals surface area (Å²) in [7, 11) is 0. The summed E-state index contributed by atoms with van der Waals surface area (Å²) in [5.74, 6) is 0.333. The molecule has 7 heteroatoms. The fourth-order valence-corrected chi connectivity index (χ4v) is 3.74. The molecule has 1 saturated heterocycles. The molecule has 116 valence electrons. The fraction of sp³-hybridized carbons (Fsp3) is 0.467. The number of fused-ring (bicyclic) bond motifs is 2. The van der Waals surface area contributed by atoms with Crippen molar-refractivity contribution in [1.29, 1.82) is 0 Å². The molecule has 1 spiro atoms. The topological polar surface area (TPSA) is 58.6 Å². The Bertz CT molecular complexity index is 679. The van der Waals surface area contributed by atoms with Gasteiger partial charge in [-0.2, -0.15) is 0 Å². The van der Waals surface area contributed by atoms with E-state index in [1.807, 2.05) is 24.3 Å². The fourth-order valence-electron chi connectivity index (χ4n) is 3.23. The van der Waals surface area contributed by atoms with Crippen molar-refractivity contribution in [3.63, 3.8) is 0 Å². The Kier molecular flexibility index (Phi) is 2.91. The third-order valence-corrected chi connectivity index (χ3v) is 5.54. The van der Waals surface area contributed by atoms with Crippen molar-refractivity contribution in [1.82, 2.24) is 10.2 Å². The molecule has 5 nitrogen and oxygen atoms in total. The number of para-hydroxylation sites is 1. The van der Waals surface area contributed by atoms with Gasteiger partial charge in [0.15, 0.2) is 5.54 Å². The zero-order chi connectivity index (χ0) is 15.5. The van der Waals surface area contributed by atoms with Crippen molar-refractivity contribution in [3.8, 4) is 5.75 Å². The number of rotatable bonds is 2. The number of carbonyl (C=O) groups is 2. The largest absolute Gasteiger partial charge is 0.493 e. The number of imide groups is 1. The van der Waals surface area contributed by atoms with E-state index in [0.717, 1.165) is 0 Å². The summed E-state index contributed by atoms with van der Waals surface area (Å²) in [6, 6.07) is 6.91. The number of halogens is 2. The average molecular weight is 341 g/mol. The van der Waals surface area contributed by atoms with E-state index in [4.69, 9.17) is 27.9 Å². The molecule has 1 N–H and O–H groups in total. The monoisotopic (exact) mass is 340 g/mol. The van der Waals surface area contributed by atoms with Gasteiger partial charge in [0, 0.05) is 24.4 Å². The summed E-state index contributed by atoms with van der Waals surface area (Å²) >= 11 is 12.0. The zero-order valence-corrected chi connectivity index (χ0v) is 13.2. The van der Waals surface area contributed by atoms with Crippen molar-refractivity contribution in [3.05, 3.63) is 29.8 Å². The molecule has 22 heavy (non-hydrogen) atoms. The second-order valence-corrected chi connectivity index (χ2v) is 7.55. The molecule has 0 unspecified atom stereocenters. The molecule has 3 aliphatic rings. The number of carbonyl (C=O) groups excluding carboxylic acids is 2. The van der Waals surface area contributed by atoms with Crippen molar-refractivity contribution in [2.75, 3.05) is 13.2 Å². The van der Waals surface area contributed by atoms with Crippen LogP contribution in [0.3, 0.4) is 0 Å². The van der Waals surface area contributed by atoms with E-state index in [0.29, 0.717) is 30.8 Å². The van der Waals surface area contributed by atoms with E-state index < -0.39 is 15.9 Å². The predicted octanol–water partition coefficient (Wildman–Crippen LogP) is 2.41. The first-order chi connectivity index (χ1) is 10.4. The number of hydrogen-bond donors (Lipinski definition) is 1. The molecule has 0 aromatic heterocycles. The van der Waals surface area contributed by atoms with E-state index >= 15 is 0 Å². The first kappa shape index (κ1) is 14.2. The van der Waals surface area contributed by atoms with E-state index in [-0.39, 0.29) is 18.4 Å². The van der Waals surface area contributed by atoms with Crippen molar-refractivity contribution in [2.24, 2.45) is 5.92 Å². The van der Waals surface area contributed by atoms with Gasteiger partial charge in [0.1, 0.15) is 10.1 Å². The SMILES string of the molecule is O=C1N[C@@]2(CCOc3ccccc32)C(=O)N1C[C@@H]1CC1(Cl)Cl. The number of amides is 3. The van der Waals surface area contributed by atoms with Gasteiger partial charge in [-0.05, 0) is 12.5 Å². The number of benzene rings is 1. The van der Waals surface area contributed by atoms with Gasteiger partial charge in [-0.15, -0.1) is 23.2 Å². The molecule has 2 fully saturated rings. The van der Waals surface area contributed by atoms with Crippen LogP contribution in [0, 0.1) is 5.92 Å². The zero-order valence-electron chi connectivity index (χ0n) is 11.6. The lowest BCUT2D eigenvalue weighted by Gasteiger charge is -2.33. The first-order valence-corrected chi connectivity index (χ1v) is 7.94. The highest BCUT2D eigenvalue weighted by Crippen LogP contribution is 2.54. The van der Waals surface area contributed by atoms with Crippen LogP contribution in [0.2, 0.25) is 0 Å². The molecule has 2 aliphatic heterocycles. The maximum absolute atomic E-state index is 12.9. The third kappa shape index (κ3) is 1.92. The molecule has 3 amide bonds. The van der Waals surface area contributed by atoms with Crippen LogP contribution in [-0.4, -0.2) is 34.3 Å². The quantitative estimate of drug-likeness (QED) is 0.664. The van der Waals surface area contributed by atoms with Gasteiger partial charge >= 0.3 is 6.03 Å². The van der Waals surface area contributed by atoms with Gasteiger partial charge < -0.3 is 10.1 Å². The molecular formula is C15H14Cl2N2O3. The van der Waals surface area contributed by atoms with Gasteiger partial charge in [-0.3, -0.25) is 9.69 Å². The number of nitrogens with zero attached hydrogens (tertiary/aromatic N) is 1. The maximum Gasteiger partial charge on any atom is 0.325 e. The summed E-state index contributed by atoms with van der Waals surface area (Å²) < 4.78 is 4.78. The van der Waals surface area contributed by atoms with Crippen LogP contribution < -0.4 is 10.1 Å². The van der Waals surface area contributed by atoms with E-state index in [1.165, 1.54) is 4.90 Å². The lowest BCUT2D eigenvalue weighted by atomic mass is 9.84. The molecule has 0 radical (unpaired) electrons. The molecule has 4 rings (SSSR count). The van der Waals surface area contributed by atoms with Crippen LogP contribution in [0.4, 0.5) is 4.79 Å². The number of nitrogens with one attached hydrogen (secondary N) is 1. The predicted molar refractivity (Wildman–Crippen MR) is 81.0 cm³/mol. The summed E-state index contributed by atoms with van der Waals surface area (Å²) in [5.41, 5.74) is -0.317. The van der Waals surface area contributed by atoms with Crippen molar-refractivity contribution >= 4 is 35.1 Å². The normalized spacial score (nSPS) is 31.7. The minimum absolute atomic E-state index is 0.0595. The molecule has 1 saturated carbocycles. The van der Waals surface area contributed by atoms with Crippen LogP contribution in [0.15, 0.2) is 24.3 Å². The second-order valence-electron chi connectivity index (χ2n) is 6.01. The first-order valence-electron chi connectivity index (χ1n) is 7.18. The summed E-state index contributed by atoms with van der Waals surface area (Å²) in [6.07, 6.45) is 1.02. The number of urea groups is 1. The average Bonchev–Trinajstić information content (AvgIpc) is 3.03. The highest BCUT2D eigenvalue weighted by atomic mass is 35.5. The van der Waals surface area contributed by atoms with E-state index in [2.05, 4.69) is 5.32 Å². The highest BCUT2D eigenvalue weighted by Gasteiger charge is 2.59. The lowest BCUT2D eigenvalue weighted by Crippen LogP contribution is -2.47. The van der Waals surface area contributed by atoms with Crippen LogP contribution in [-0.2, 0) is 10.3 Å². The smallest absolute Gasteiger partial charge is 0.325 e. The molecule has 2 heterocycles. The molecule has 1 aromatic rings. The van der Waals surface area contributed by atoms with Gasteiger partial charge in [0.25, 0.3) is 5.91 Å². The third-order valence-electron chi connectivity index (χ3n) is 4.62. The molecular weight excluding hydrogens is 327 g/mol. The van der Waals surface area contributed by atoms with E-state index in [9.17, 15) is 9.59 Å². The molecule has 1 aromatic carbocycles. The Hall–Kier alpha value is -1.46. The molecule has 0 bridgehead atoms. The van der Waals surface area contributed by atoms with Gasteiger partial charge in [-0.1, -0.05) is 18.2 Å². The van der Waals surface area contributed by atoms with Crippen LogP contribution in [0.25, 0.3) is 0 Å². The Morgan fingerprint density at radius 2 is 2.05 bits per heavy atom. The molecule has 2 atom stereocenters. The standard InChI is InChI=1S/C15H14Cl2N2O3/c16-15(17)7-9(15)8-19-12(20)14(18-13(19)21)5-6-22-11-4-2-1-3-10(11)14/h1-4,9H,5-8H2,(H,18,21)/t9-,14+/m0/s1. The lowest BCUT2D eigenvalue weighted by molar-refractivity contribution is -0.132. The minimum atomic E-state index is -1.03. The number of alkyl halides is 2. The van der Waals surface area contributed by atoms with Crippen LogP contribution in [0.1, 0.15) is 18.4 Å². The van der Waals surface area contributed by atoms with Gasteiger partial charge in [-0.25, -0.2) is 4.79 Å².